The van der Waals surface area contributed by atoms with Crippen LogP contribution in [0.5, 0.6) is 0 Å². The summed E-state index contributed by atoms with van der Waals surface area (Å²) >= 11 is 1.65. The van der Waals surface area contributed by atoms with E-state index >= 15 is 0 Å². The van der Waals surface area contributed by atoms with Crippen molar-refractivity contribution in [2.45, 2.75) is 12.8 Å². The number of H-pyrrole nitrogens is 1. The summed E-state index contributed by atoms with van der Waals surface area (Å²) in [5.41, 5.74) is 3.95. The summed E-state index contributed by atoms with van der Waals surface area (Å²) < 4.78 is 0. The Hall–Kier alpha value is -2.47. The molecule has 6 heteroatoms. The lowest BCUT2D eigenvalue weighted by atomic mass is 10.1. The second-order valence-electron chi connectivity index (χ2n) is 5.41. The van der Waals surface area contributed by atoms with E-state index in [1.807, 2.05) is 18.5 Å². The van der Waals surface area contributed by atoms with Gasteiger partial charge in [-0.1, -0.05) is 0 Å². The van der Waals surface area contributed by atoms with Crippen molar-refractivity contribution in [1.29, 1.82) is 0 Å². The number of nitrogens with one attached hydrogen (secondary N) is 2. The fraction of sp³-hybridized carbons (Fsp3) is 0.188. The zero-order valence-corrected chi connectivity index (χ0v) is 12.6. The maximum atomic E-state index is 11.8. The van der Waals surface area contributed by atoms with Gasteiger partial charge in [0.1, 0.15) is 0 Å². The fourth-order valence-electron chi connectivity index (χ4n) is 2.28. The number of carbonyl (C=O) groups is 1. The molecule has 0 saturated heterocycles. The molecule has 110 valence electrons. The van der Waals surface area contributed by atoms with Gasteiger partial charge in [0.25, 0.3) is 0 Å². The summed E-state index contributed by atoms with van der Waals surface area (Å²) in [6.07, 6.45) is 9.18. The lowest BCUT2D eigenvalue weighted by Gasteiger charge is -2.05. The number of nitrogens with zero attached hydrogens (tertiary/aromatic N) is 2. The van der Waals surface area contributed by atoms with Crippen molar-refractivity contribution < 1.29 is 4.79 Å². The van der Waals surface area contributed by atoms with E-state index in [4.69, 9.17) is 0 Å². The third-order valence-electron chi connectivity index (χ3n) is 3.67. The van der Waals surface area contributed by atoms with E-state index in [1.165, 1.54) is 0 Å². The fourth-order valence-corrected chi connectivity index (χ4v) is 3.18. The summed E-state index contributed by atoms with van der Waals surface area (Å²) in [6, 6.07) is 4.08. The number of anilines is 1. The molecule has 0 unspecified atom stereocenters. The Labute approximate surface area is 131 Å². The molecule has 3 aromatic rings. The van der Waals surface area contributed by atoms with Gasteiger partial charge in [0.05, 0.1) is 18.1 Å². The molecule has 0 spiro atoms. The van der Waals surface area contributed by atoms with Crippen LogP contribution in [0.3, 0.4) is 0 Å². The van der Waals surface area contributed by atoms with E-state index < -0.39 is 0 Å². The molecule has 1 aliphatic carbocycles. The Balaban J connectivity index is 1.58. The number of rotatable bonds is 4. The molecule has 4 rings (SSSR count). The van der Waals surface area contributed by atoms with Crippen LogP contribution in [-0.2, 0) is 4.79 Å². The monoisotopic (exact) mass is 310 g/mol. The molecule has 1 aliphatic rings. The second kappa shape index (κ2) is 5.38. The summed E-state index contributed by atoms with van der Waals surface area (Å²) in [5, 5.41) is 11.8. The van der Waals surface area contributed by atoms with Crippen molar-refractivity contribution in [3.8, 4) is 21.6 Å². The van der Waals surface area contributed by atoms with E-state index in [0.29, 0.717) is 0 Å². The van der Waals surface area contributed by atoms with Crippen LogP contribution in [0.4, 0.5) is 5.69 Å². The van der Waals surface area contributed by atoms with Gasteiger partial charge in [0.2, 0.25) is 5.91 Å². The molecule has 0 aliphatic heterocycles. The molecule has 3 heterocycles. The van der Waals surface area contributed by atoms with Gasteiger partial charge in [-0.2, -0.15) is 5.10 Å². The minimum atomic E-state index is 0.101. The predicted molar refractivity (Wildman–Crippen MR) is 86.5 cm³/mol. The van der Waals surface area contributed by atoms with Crippen molar-refractivity contribution in [2.75, 3.05) is 5.32 Å². The highest BCUT2D eigenvalue weighted by atomic mass is 32.1. The minimum absolute atomic E-state index is 0.101. The van der Waals surface area contributed by atoms with Crippen LogP contribution >= 0.6 is 11.3 Å². The number of amides is 1. The lowest BCUT2D eigenvalue weighted by molar-refractivity contribution is -0.117. The summed E-state index contributed by atoms with van der Waals surface area (Å²) in [5.74, 6) is 0.294. The smallest absolute Gasteiger partial charge is 0.227 e. The topological polar surface area (TPSA) is 70.7 Å². The molecular formula is C16H14N4OS. The Bertz CT molecular complexity index is 805. The Kier molecular flexibility index (Phi) is 3.23. The van der Waals surface area contributed by atoms with E-state index in [-0.39, 0.29) is 11.8 Å². The average Bonchev–Trinajstić information content (AvgIpc) is 3.04. The highest BCUT2D eigenvalue weighted by molar-refractivity contribution is 7.14. The Morgan fingerprint density at radius 1 is 1.18 bits per heavy atom. The van der Waals surface area contributed by atoms with Gasteiger partial charge in [0, 0.05) is 34.3 Å². The summed E-state index contributed by atoms with van der Waals surface area (Å²) in [7, 11) is 0. The zero-order valence-electron chi connectivity index (χ0n) is 11.7. The van der Waals surface area contributed by atoms with Crippen LogP contribution in [0.25, 0.3) is 21.6 Å². The van der Waals surface area contributed by atoms with E-state index in [0.717, 1.165) is 40.1 Å². The molecule has 1 fully saturated rings. The number of carbonyl (C=O) groups excluding carboxylic acids is 1. The molecule has 0 atom stereocenters. The first-order valence-corrected chi connectivity index (χ1v) is 8.01. The van der Waals surface area contributed by atoms with Crippen molar-refractivity contribution >= 4 is 22.9 Å². The molecule has 3 aromatic heterocycles. The van der Waals surface area contributed by atoms with Gasteiger partial charge in [-0.3, -0.25) is 14.9 Å². The maximum absolute atomic E-state index is 11.8. The molecular weight excluding hydrogens is 296 g/mol. The third-order valence-corrected chi connectivity index (χ3v) is 4.65. The quantitative estimate of drug-likeness (QED) is 0.774. The van der Waals surface area contributed by atoms with Gasteiger partial charge in [-0.15, -0.1) is 11.3 Å². The molecule has 0 aromatic carbocycles. The van der Waals surface area contributed by atoms with Crippen LogP contribution in [0, 0.1) is 5.92 Å². The third kappa shape index (κ3) is 2.65. The molecule has 0 radical (unpaired) electrons. The van der Waals surface area contributed by atoms with E-state index in [9.17, 15) is 4.79 Å². The standard InChI is InChI=1S/C16H14N4OS/c21-16(10-1-2-10)20-14-3-11(5-17-8-14)15-4-12(9-22-15)13-6-18-19-7-13/h3-10H,1-2H2,(H,18,19)(H,20,21). The molecule has 22 heavy (non-hydrogen) atoms. The first-order chi connectivity index (χ1) is 10.8. The number of pyridine rings is 1. The van der Waals surface area contributed by atoms with Crippen LogP contribution < -0.4 is 5.32 Å². The van der Waals surface area contributed by atoms with Gasteiger partial charge in [-0.05, 0) is 35.9 Å². The first-order valence-electron chi connectivity index (χ1n) is 7.13. The highest BCUT2D eigenvalue weighted by Gasteiger charge is 2.29. The number of aromatic nitrogens is 3. The first kappa shape index (κ1) is 13.2. The second-order valence-corrected chi connectivity index (χ2v) is 6.32. The summed E-state index contributed by atoms with van der Waals surface area (Å²) in [6.45, 7) is 0. The number of thiophene rings is 1. The van der Waals surface area contributed by atoms with Crippen LogP contribution in [0.2, 0.25) is 0 Å². The van der Waals surface area contributed by atoms with Gasteiger partial charge in [0.15, 0.2) is 0 Å². The van der Waals surface area contributed by atoms with Gasteiger partial charge >= 0.3 is 0 Å². The highest BCUT2D eigenvalue weighted by Crippen LogP contribution is 2.34. The largest absolute Gasteiger partial charge is 0.324 e. The van der Waals surface area contributed by atoms with E-state index in [2.05, 4.69) is 31.9 Å². The molecule has 1 amide bonds. The lowest BCUT2D eigenvalue weighted by Crippen LogP contribution is -2.13. The van der Waals surface area contributed by atoms with Crippen molar-refractivity contribution in [3.05, 3.63) is 42.3 Å². The van der Waals surface area contributed by atoms with Crippen LogP contribution in [0.15, 0.2) is 42.3 Å². The Morgan fingerprint density at radius 3 is 2.86 bits per heavy atom. The zero-order chi connectivity index (χ0) is 14.9. The number of aromatic amines is 1. The van der Waals surface area contributed by atoms with Gasteiger partial charge in [-0.25, -0.2) is 0 Å². The predicted octanol–water partition coefficient (Wildman–Crippen LogP) is 3.55. The molecule has 2 N–H and O–H groups in total. The molecule has 1 saturated carbocycles. The normalized spacial score (nSPS) is 14.0. The minimum Gasteiger partial charge on any atom is -0.324 e. The van der Waals surface area contributed by atoms with Crippen LogP contribution in [-0.4, -0.2) is 21.1 Å². The van der Waals surface area contributed by atoms with Crippen molar-refractivity contribution in [3.63, 3.8) is 0 Å². The SMILES string of the molecule is O=C(Nc1cncc(-c2cc(-c3cn[nH]c3)cs2)c1)C1CC1. The van der Waals surface area contributed by atoms with Gasteiger partial charge < -0.3 is 5.32 Å². The van der Waals surface area contributed by atoms with Crippen molar-refractivity contribution in [2.24, 2.45) is 5.92 Å². The number of hydrogen-bond acceptors (Lipinski definition) is 4. The average molecular weight is 310 g/mol. The number of hydrogen-bond donors (Lipinski definition) is 2. The van der Waals surface area contributed by atoms with Crippen molar-refractivity contribution in [1.82, 2.24) is 15.2 Å². The van der Waals surface area contributed by atoms with Crippen LogP contribution in [0.1, 0.15) is 12.8 Å². The molecule has 0 bridgehead atoms. The maximum Gasteiger partial charge on any atom is 0.227 e. The summed E-state index contributed by atoms with van der Waals surface area (Å²) in [4.78, 5) is 17.2. The molecule has 5 nitrogen and oxygen atoms in total. The Morgan fingerprint density at radius 2 is 2.09 bits per heavy atom. The van der Waals surface area contributed by atoms with E-state index in [1.54, 1.807) is 23.7 Å².